The lowest BCUT2D eigenvalue weighted by molar-refractivity contribution is 0.632. The lowest BCUT2D eigenvalue weighted by atomic mass is 10.3. The van der Waals surface area contributed by atoms with Crippen LogP contribution in [0.15, 0.2) is 48.8 Å². The first-order valence-corrected chi connectivity index (χ1v) is 4.28. The highest BCUT2D eigenvalue weighted by atomic mass is 19.1. The molecule has 2 nitrogen and oxygen atoms in total. The maximum atomic E-state index is 13.2. The molecular weight excluding hydrogens is 179 g/mol. The third-order valence-corrected chi connectivity index (χ3v) is 1.83. The molecule has 1 N–H and O–H groups in total. The fourth-order valence-electron chi connectivity index (χ4n) is 1.15. The summed E-state index contributed by atoms with van der Waals surface area (Å²) >= 11 is 0. The summed E-state index contributed by atoms with van der Waals surface area (Å²) in [5.74, 6) is -0.260. The molecule has 0 bridgehead atoms. The normalized spacial score (nSPS) is 9.79. The van der Waals surface area contributed by atoms with Gasteiger partial charge >= 0.3 is 0 Å². The summed E-state index contributed by atoms with van der Waals surface area (Å²) in [7, 11) is 0. The molecule has 1 heterocycles. The molecule has 0 saturated heterocycles. The second-order valence-corrected chi connectivity index (χ2v) is 2.84. The number of para-hydroxylation sites is 1. The molecule has 70 valence electrons. The van der Waals surface area contributed by atoms with Crippen LogP contribution in [0.1, 0.15) is 0 Å². The van der Waals surface area contributed by atoms with Crippen molar-refractivity contribution in [3.8, 4) is 0 Å². The van der Waals surface area contributed by atoms with E-state index >= 15 is 0 Å². The van der Waals surface area contributed by atoms with Gasteiger partial charge in [-0.3, -0.25) is 4.98 Å². The minimum Gasteiger partial charge on any atom is -0.353 e. The highest BCUT2D eigenvalue weighted by Gasteiger charge is 1.99. The van der Waals surface area contributed by atoms with E-state index in [0.29, 0.717) is 5.69 Å². The first-order valence-electron chi connectivity index (χ1n) is 4.28. The van der Waals surface area contributed by atoms with Crippen LogP contribution in [0.2, 0.25) is 0 Å². The van der Waals surface area contributed by atoms with Gasteiger partial charge < -0.3 is 5.32 Å². The van der Waals surface area contributed by atoms with Gasteiger partial charge in [0.1, 0.15) is 5.82 Å². The Morgan fingerprint density at radius 1 is 1.00 bits per heavy atom. The summed E-state index contributed by atoms with van der Waals surface area (Å²) in [6.07, 6.45) is 3.31. The van der Waals surface area contributed by atoms with E-state index in [1.54, 1.807) is 42.7 Å². The second kappa shape index (κ2) is 3.87. The van der Waals surface area contributed by atoms with Gasteiger partial charge in [-0.1, -0.05) is 12.1 Å². The Labute approximate surface area is 81.4 Å². The van der Waals surface area contributed by atoms with Crippen LogP contribution in [-0.2, 0) is 0 Å². The average molecular weight is 188 g/mol. The number of nitrogens with zero attached hydrogens (tertiary/aromatic N) is 1. The van der Waals surface area contributed by atoms with E-state index in [4.69, 9.17) is 0 Å². The van der Waals surface area contributed by atoms with E-state index in [2.05, 4.69) is 10.3 Å². The molecule has 3 heteroatoms. The van der Waals surface area contributed by atoms with Gasteiger partial charge in [0.05, 0.1) is 5.69 Å². The Bertz CT molecular complexity index is 415. The van der Waals surface area contributed by atoms with Crippen molar-refractivity contribution in [1.82, 2.24) is 4.98 Å². The number of anilines is 2. The fraction of sp³-hybridized carbons (Fsp3) is 0. The van der Waals surface area contributed by atoms with Crippen LogP contribution < -0.4 is 5.32 Å². The molecule has 0 unspecified atom stereocenters. The van der Waals surface area contributed by atoms with Gasteiger partial charge in [0, 0.05) is 18.1 Å². The largest absolute Gasteiger partial charge is 0.353 e. The average Bonchev–Trinajstić information content (AvgIpc) is 2.23. The summed E-state index contributed by atoms with van der Waals surface area (Å²) in [5, 5.41) is 2.96. The molecule has 0 spiro atoms. The Kier molecular flexibility index (Phi) is 2.40. The van der Waals surface area contributed by atoms with Gasteiger partial charge in [0.2, 0.25) is 0 Å². The van der Waals surface area contributed by atoms with Crippen LogP contribution >= 0.6 is 0 Å². The molecule has 0 amide bonds. The Morgan fingerprint density at radius 3 is 2.43 bits per heavy atom. The number of pyridine rings is 1. The van der Waals surface area contributed by atoms with E-state index in [1.807, 2.05) is 0 Å². The third-order valence-electron chi connectivity index (χ3n) is 1.83. The summed E-state index contributed by atoms with van der Waals surface area (Å²) in [5.41, 5.74) is 1.30. The van der Waals surface area contributed by atoms with E-state index in [-0.39, 0.29) is 5.82 Å². The molecule has 0 aliphatic carbocycles. The van der Waals surface area contributed by atoms with Gasteiger partial charge in [-0.25, -0.2) is 4.39 Å². The van der Waals surface area contributed by atoms with Crippen LogP contribution in [0, 0.1) is 5.82 Å². The SMILES string of the molecule is Fc1ccccc1Nc1ccncc1. The monoisotopic (exact) mass is 188 g/mol. The summed E-state index contributed by atoms with van der Waals surface area (Å²) in [6.45, 7) is 0. The number of rotatable bonds is 2. The van der Waals surface area contributed by atoms with E-state index in [1.165, 1.54) is 6.07 Å². The predicted octanol–water partition coefficient (Wildman–Crippen LogP) is 2.96. The molecule has 0 aliphatic rings. The van der Waals surface area contributed by atoms with Crippen LogP contribution in [0.4, 0.5) is 15.8 Å². The summed E-state index contributed by atoms with van der Waals surface area (Å²) in [6, 6.07) is 10.1. The zero-order valence-corrected chi connectivity index (χ0v) is 7.44. The standard InChI is InChI=1S/C11H9FN2/c12-10-3-1-2-4-11(10)14-9-5-7-13-8-6-9/h1-8H,(H,13,14). The number of halogens is 1. The molecule has 2 rings (SSSR count). The van der Waals surface area contributed by atoms with Crippen molar-refractivity contribution >= 4 is 11.4 Å². The molecule has 0 aliphatic heterocycles. The minimum absolute atomic E-state index is 0.260. The second-order valence-electron chi connectivity index (χ2n) is 2.84. The number of hydrogen-bond acceptors (Lipinski definition) is 2. The molecular formula is C11H9FN2. The molecule has 1 aromatic heterocycles. The number of benzene rings is 1. The fourth-order valence-corrected chi connectivity index (χ4v) is 1.15. The molecule has 1 aromatic carbocycles. The van der Waals surface area contributed by atoms with Gasteiger partial charge in [-0.05, 0) is 24.3 Å². The van der Waals surface area contributed by atoms with Crippen LogP contribution in [-0.4, -0.2) is 4.98 Å². The number of hydrogen-bond donors (Lipinski definition) is 1. The van der Waals surface area contributed by atoms with Gasteiger partial charge in [0.25, 0.3) is 0 Å². The molecule has 14 heavy (non-hydrogen) atoms. The quantitative estimate of drug-likeness (QED) is 0.783. The van der Waals surface area contributed by atoms with Crippen LogP contribution in [0.3, 0.4) is 0 Å². The Balaban J connectivity index is 2.24. The Hall–Kier alpha value is -1.90. The molecule has 0 fully saturated rings. The van der Waals surface area contributed by atoms with Crippen molar-refractivity contribution in [2.24, 2.45) is 0 Å². The first-order chi connectivity index (χ1) is 6.86. The summed E-state index contributed by atoms with van der Waals surface area (Å²) in [4.78, 5) is 3.88. The molecule has 2 aromatic rings. The van der Waals surface area contributed by atoms with Crippen molar-refractivity contribution in [3.63, 3.8) is 0 Å². The van der Waals surface area contributed by atoms with Crippen molar-refractivity contribution in [2.45, 2.75) is 0 Å². The zero-order valence-electron chi connectivity index (χ0n) is 7.44. The van der Waals surface area contributed by atoms with Gasteiger partial charge in [-0.2, -0.15) is 0 Å². The molecule has 0 radical (unpaired) electrons. The third kappa shape index (κ3) is 1.88. The molecule has 0 atom stereocenters. The minimum atomic E-state index is -0.260. The Morgan fingerprint density at radius 2 is 1.71 bits per heavy atom. The van der Waals surface area contributed by atoms with E-state index in [9.17, 15) is 4.39 Å². The highest BCUT2D eigenvalue weighted by molar-refractivity contribution is 5.59. The maximum absolute atomic E-state index is 13.2. The lowest BCUT2D eigenvalue weighted by Crippen LogP contribution is -1.92. The van der Waals surface area contributed by atoms with Gasteiger partial charge in [0.15, 0.2) is 0 Å². The van der Waals surface area contributed by atoms with Crippen molar-refractivity contribution in [3.05, 3.63) is 54.6 Å². The predicted molar refractivity (Wildman–Crippen MR) is 53.9 cm³/mol. The smallest absolute Gasteiger partial charge is 0.146 e. The van der Waals surface area contributed by atoms with Crippen LogP contribution in [0.5, 0.6) is 0 Å². The number of aromatic nitrogens is 1. The number of nitrogens with one attached hydrogen (secondary N) is 1. The highest BCUT2D eigenvalue weighted by Crippen LogP contribution is 2.18. The topological polar surface area (TPSA) is 24.9 Å². The van der Waals surface area contributed by atoms with Gasteiger partial charge in [-0.15, -0.1) is 0 Å². The van der Waals surface area contributed by atoms with Crippen molar-refractivity contribution in [2.75, 3.05) is 5.32 Å². The molecule has 0 saturated carbocycles. The summed E-state index contributed by atoms with van der Waals surface area (Å²) < 4.78 is 13.2. The zero-order chi connectivity index (χ0) is 9.80. The van der Waals surface area contributed by atoms with Crippen LogP contribution in [0.25, 0.3) is 0 Å². The maximum Gasteiger partial charge on any atom is 0.146 e. The van der Waals surface area contributed by atoms with E-state index < -0.39 is 0 Å². The first kappa shape index (κ1) is 8.69. The van der Waals surface area contributed by atoms with Crippen molar-refractivity contribution < 1.29 is 4.39 Å². The van der Waals surface area contributed by atoms with E-state index in [0.717, 1.165) is 5.69 Å². The van der Waals surface area contributed by atoms with Crippen molar-refractivity contribution in [1.29, 1.82) is 0 Å². The lowest BCUT2D eigenvalue weighted by Gasteiger charge is -2.05.